The minimum absolute atomic E-state index is 0.0365. The van der Waals surface area contributed by atoms with Gasteiger partial charge < -0.3 is 10.6 Å². The molecule has 2 aromatic carbocycles. The van der Waals surface area contributed by atoms with Gasteiger partial charge in [-0.2, -0.15) is 14.7 Å². The van der Waals surface area contributed by atoms with Gasteiger partial charge in [0.15, 0.2) is 5.82 Å². The first kappa shape index (κ1) is 33.1. The van der Waals surface area contributed by atoms with Gasteiger partial charge in [0.1, 0.15) is 0 Å². The first-order valence-electron chi connectivity index (χ1n) is 16.6. The summed E-state index contributed by atoms with van der Waals surface area (Å²) in [6.45, 7) is 7.35. The lowest BCUT2D eigenvalue weighted by atomic mass is 9.85. The highest BCUT2D eigenvalue weighted by Gasteiger charge is 2.32. The van der Waals surface area contributed by atoms with Crippen LogP contribution < -0.4 is 16.0 Å². The quantitative estimate of drug-likeness (QED) is 0.372. The standard InChI is InChI=1S/C34H44N8O4S/c1-22(16-27-18-29(6-4-26(27)20-35)47(45,46)41-13-9-28(36)10-14-41)21-40-12-8-25(17-23(40)2)24-5-7-30-31(19-24)39(3)38-33(30)42-15-11-32(43)37-34(42)44/h4-7,18-19,22-23,25,28H,8-17,21,36H2,1-3H3,(H,37,43,44)/t22?,23-,25?/m0/s1. The Balaban J connectivity index is 1.10. The van der Waals surface area contributed by atoms with Crippen LogP contribution in [0.4, 0.5) is 10.6 Å². The van der Waals surface area contributed by atoms with Crippen molar-refractivity contribution in [1.82, 2.24) is 24.3 Å². The lowest BCUT2D eigenvalue weighted by Crippen LogP contribution is -2.49. The minimum Gasteiger partial charge on any atom is -0.328 e. The third kappa shape index (κ3) is 6.78. The summed E-state index contributed by atoms with van der Waals surface area (Å²) >= 11 is 0. The molecule has 12 nitrogen and oxygen atoms in total. The van der Waals surface area contributed by atoms with E-state index in [2.05, 4.69) is 47.4 Å². The Morgan fingerprint density at radius 2 is 1.85 bits per heavy atom. The number of aromatic nitrogens is 2. The number of piperidine rings is 2. The molecule has 6 rings (SSSR count). The van der Waals surface area contributed by atoms with Gasteiger partial charge >= 0.3 is 6.03 Å². The molecule has 3 N–H and O–H groups in total. The monoisotopic (exact) mass is 660 g/mol. The van der Waals surface area contributed by atoms with E-state index in [0.29, 0.717) is 62.2 Å². The summed E-state index contributed by atoms with van der Waals surface area (Å²) in [5, 5.41) is 17.7. The maximum absolute atomic E-state index is 13.4. The first-order valence-corrected chi connectivity index (χ1v) is 18.0. The smallest absolute Gasteiger partial charge is 0.328 e. The number of nitrogens with two attached hydrogens (primary N) is 1. The number of urea groups is 1. The number of nitrogens with one attached hydrogen (secondary N) is 1. The largest absolute Gasteiger partial charge is 0.329 e. The van der Waals surface area contributed by atoms with Crippen LogP contribution in [0.5, 0.6) is 0 Å². The Kier molecular flexibility index (Phi) is 9.40. The summed E-state index contributed by atoms with van der Waals surface area (Å²) in [6, 6.07) is 13.5. The first-order chi connectivity index (χ1) is 22.4. The molecule has 13 heteroatoms. The maximum atomic E-state index is 13.4. The van der Waals surface area contributed by atoms with E-state index in [0.717, 1.165) is 42.4 Å². The molecule has 0 aliphatic carbocycles. The highest BCUT2D eigenvalue weighted by molar-refractivity contribution is 7.89. The third-order valence-electron chi connectivity index (χ3n) is 10.1. The van der Waals surface area contributed by atoms with Crippen LogP contribution in [-0.4, -0.2) is 84.1 Å². The van der Waals surface area contributed by atoms with E-state index in [-0.39, 0.29) is 29.2 Å². The summed E-state index contributed by atoms with van der Waals surface area (Å²) in [4.78, 5) is 28.4. The van der Waals surface area contributed by atoms with Gasteiger partial charge in [0.2, 0.25) is 15.9 Å². The van der Waals surface area contributed by atoms with Gasteiger partial charge in [-0.25, -0.2) is 13.2 Å². The van der Waals surface area contributed by atoms with Gasteiger partial charge in [-0.1, -0.05) is 13.0 Å². The van der Waals surface area contributed by atoms with Crippen LogP contribution in [0.15, 0.2) is 41.3 Å². The van der Waals surface area contributed by atoms with E-state index in [4.69, 9.17) is 5.73 Å². The van der Waals surface area contributed by atoms with Crippen LogP contribution in [0.3, 0.4) is 0 Å². The van der Waals surface area contributed by atoms with Crippen LogP contribution >= 0.6 is 0 Å². The predicted octanol–water partition coefficient (Wildman–Crippen LogP) is 3.45. The van der Waals surface area contributed by atoms with Gasteiger partial charge in [-0.3, -0.25) is 19.7 Å². The molecule has 250 valence electrons. The number of rotatable bonds is 8. The van der Waals surface area contributed by atoms with Crippen molar-refractivity contribution < 1.29 is 18.0 Å². The molecule has 0 spiro atoms. The Hall–Kier alpha value is -3.83. The molecule has 3 fully saturated rings. The summed E-state index contributed by atoms with van der Waals surface area (Å²) in [6.07, 6.45) is 4.16. The molecular weight excluding hydrogens is 616 g/mol. The van der Waals surface area contributed by atoms with E-state index in [9.17, 15) is 23.3 Å². The maximum Gasteiger partial charge on any atom is 0.329 e. The van der Waals surface area contributed by atoms with E-state index in [1.165, 1.54) is 14.8 Å². The van der Waals surface area contributed by atoms with Gasteiger partial charge in [0, 0.05) is 57.1 Å². The zero-order chi connectivity index (χ0) is 33.5. The molecule has 3 amide bonds. The molecule has 2 unspecified atom stereocenters. The van der Waals surface area contributed by atoms with Crippen LogP contribution in [0.1, 0.15) is 68.6 Å². The fourth-order valence-corrected chi connectivity index (χ4v) is 8.90. The summed E-state index contributed by atoms with van der Waals surface area (Å²) in [5.41, 5.74) is 9.48. The topological polar surface area (TPSA) is 158 Å². The van der Waals surface area contributed by atoms with Crippen molar-refractivity contribution in [1.29, 1.82) is 5.26 Å². The Morgan fingerprint density at radius 3 is 2.55 bits per heavy atom. The number of nitriles is 1. The molecule has 3 aliphatic rings. The van der Waals surface area contributed by atoms with Crippen LogP contribution in [0.25, 0.3) is 10.9 Å². The molecular formula is C34H44N8O4S. The zero-order valence-corrected chi connectivity index (χ0v) is 28.2. The Morgan fingerprint density at radius 1 is 1.09 bits per heavy atom. The molecule has 3 atom stereocenters. The molecule has 4 heterocycles. The van der Waals surface area contributed by atoms with E-state index >= 15 is 0 Å². The van der Waals surface area contributed by atoms with Crippen LogP contribution in [0.2, 0.25) is 0 Å². The van der Waals surface area contributed by atoms with Crippen molar-refractivity contribution in [3.63, 3.8) is 0 Å². The number of aryl methyl sites for hydroxylation is 1. The van der Waals surface area contributed by atoms with Crippen LogP contribution in [-0.2, 0) is 28.3 Å². The average molecular weight is 661 g/mol. The summed E-state index contributed by atoms with van der Waals surface area (Å²) < 4.78 is 30.1. The fraction of sp³-hybridized carbons (Fsp3) is 0.529. The second-order valence-electron chi connectivity index (χ2n) is 13.5. The predicted molar refractivity (Wildman–Crippen MR) is 179 cm³/mol. The minimum atomic E-state index is -3.64. The molecule has 0 bridgehead atoms. The number of amides is 3. The van der Waals surface area contributed by atoms with E-state index in [1.807, 2.05) is 13.1 Å². The number of carbonyl (C=O) groups is 2. The number of sulfonamides is 1. The lowest BCUT2D eigenvalue weighted by Gasteiger charge is -2.39. The number of fused-ring (bicyclic) bond motifs is 1. The van der Waals surface area contributed by atoms with Gasteiger partial charge in [-0.15, -0.1) is 0 Å². The second kappa shape index (κ2) is 13.4. The van der Waals surface area contributed by atoms with Gasteiger partial charge in [0.25, 0.3) is 0 Å². The molecule has 3 saturated heterocycles. The second-order valence-corrected chi connectivity index (χ2v) is 15.5. The third-order valence-corrected chi connectivity index (χ3v) is 12.0. The number of hydrogen-bond donors (Lipinski definition) is 2. The number of anilines is 1. The number of hydrogen-bond acceptors (Lipinski definition) is 8. The van der Waals surface area contributed by atoms with Gasteiger partial charge in [-0.05, 0) is 98.9 Å². The van der Waals surface area contributed by atoms with Crippen molar-refractivity contribution in [3.05, 3.63) is 53.1 Å². The highest BCUT2D eigenvalue weighted by Crippen LogP contribution is 2.36. The fourth-order valence-electron chi connectivity index (χ4n) is 7.38. The van der Waals surface area contributed by atoms with Crippen molar-refractivity contribution in [2.75, 3.05) is 37.6 Å². The Labute approximate surface area is 276 Å². The highest BCUT2D eigenvalue weighted by atomic mass is 32.2. The molecule has 1 aromatic heterocycles. The van der Waals surface area contributed by atoms with Crippen molar-refractivity contribution in [2.45, 2.75) is 75.3 Å². The zero-order valence-electron chi connectivity index (χ0n) is 27.4. The number of likely N-dealkylation sites (tertiary alicyclic amines) is 1. The van der Waals surface area contributed by atoms with Crippen LogP contribution in [0, 0.1) is 17.2 Å². The molecule has 3 aromatic rings. The van der Waals surface area contributed by atoms with Gasteiger partial charge in [0.05, 0.1) is 22.0 Å². The summed E-state index contributed by atoms with van der Waals surface area (Å²) in [7, 11) is -1.77. The number of nitrogens with zero attached hydrogens (tertiary/aromatic N) is 6. The van der Waals surface area contributed by atoms with Crippen molar-refractivity contribution >= 4 is 38.7 Å². The molecule has 3 aliphatic heterocycles. The van der Waals surface area contributed by atoms with E-state index in [1.54, 1.807) is 22.9 Å². The van der Waals surface area contributed by atoms with Crippen molar-refractivity contribution in [2.24, 2.45) is 18.7 Å². The average Bonchev–Trinajstić information content (AvgIpc) is 3.37. The van der Waals surface area contributed by atoms with E-state index < -0.39 is 16.1 Å². The number of carbonyl (C=O) groups excluding carboxylic acids is 2. The SMILES string of the molecule is CC(Cc1cc(S(=O)(=O)N2CCC(N)CC2)ccc1C#N)CN1CCC(c2ccc3c(N4CCC(=O)NC4=O)nn(C)c3c2)C[C@@H]1C. The molecule has 47 heavy (non-hydrogen) atoms. The Bertz CT molecular complexity index is 1820. The number of imide groups is 1. The molecule has 0 saturated carbocycles. The lowest BCUT2D eigenvalue weighted by molar-refractivity contribution is -0.120. The molecule has 0 radical (unpaired) electrons. The summed E-state index contributed by atoms with van der Waals surface area (Å²) in [5.74, 6) is 0.898. The normalized spacial score (nSPS) is 22.7. The van der Waals surface area contributed by atoms with Crippen molar-refractivity contribution in [3.8, 4) is 6.07 Å². The number of benzene rings is 2.